The van der Waals surface area contributed by atoms with Crippen LogP contribution in [0.3, 0.4) is 0 Å². The van der Waals surface area contributed by atoms with Crippen molar-refractivity contribution in [3.05, 3.63) is 46.5 Å². The molecule has 41 heavy (non-hydrogen) atoms. The minimum absolute atomic E-state index is 0.00455. The lowest BCUT2D eigenvalue weighted by Crippen LogP contribution is -2.65. The van der Waals surface area contributed by atoms with E-state index in [1.807, 2.05) is 24.3 Å². The van der Waals surface area contributed by atoms with Crippen molar-refractivity contribution in [2.75, 3.05) is 0 Å². The van der Waals surface area contributed by atoms with Crippen LogP contribution in [0.1, 0.15) is 112 Å². The maximum absolute atomic E-state index is 14.3. The number of rotatable bonds is 3. The molecule has 4 fully saturated rings. The van der Waals surface area contributed by atoms with Crippen LogP contribution in [0.4, 0.5) is 0 Å². The quantitative estimate of drug-likeness (QED) is 0.286. The molecule has 1 aromatic carbocycles. The van der Waals surface area contributed by atoms with Gasteiger partial charge in [-0.05, 0) is 115 Å². The fraction of sp³-hybridized carbons (Fsp3) is 0.757. The van der Waals surface area contributed by atoms with Crippen LogP contribution in [0.2, 0.25) is 5.02 Å². The average Bonchev–Trinajstić information content (AvgIpc) is 2.93. The molecule has 0 amide bonds. The van der Waals surface area contributed by atoms with Crippen molar-refractivity contribution >= 4 is 17.6 Å². The van der Waals surface area contributed by atoms with Gasteiger partial charge in [-0.2, -0.15) is 0 Å². The van der Waals surface area contributed by atoms with Crippen LogP contribution >= 0.6 is 11.6 Å². The Morgan fingerprint density at radius 2 is 1.68 bits per heavy atom. The highest BCUT2D eigenvalue weighted by molar-refractivity contribution is 6.31. The Morgan fingerprint density at radius 3 is 2.41 bits per heavy atom. The Bertz CT molecular complexity index is 1240. The highest BCUT2D eigenvalue weighted by atomic mass is 35.5. The molecule has 226 valence electrons. The van der Waals surface area contributed by atoms with E-state index in [0.29, 0.717) is 28.7 Å². The molecule has 5 aliphatic carbocycles. The van der Waals surface area contributed by atoms with Crippen molar-refractivity contribution in [3.63, 3.8) is 0 Å². The van der Waals surface area contributed by atoms with Crippen LogP contribution in [-0.2, 0) is 16.1 Å². The highest BCUT2D eigenvalue weighted by Gasteiger charge is 2.69. The number of fused-ring (bicyclic) bond motifs is 7. The predicted molar refractivity (Wildman–Crippen MR) is 166 cm³/mol. The number of ether oxygens (including phenoxy) is 1. The molecule has 0 aliphatic heterocycles. The average molecular weight is 581 g/mol. The Hall–Kier alpha value is -1.32. The predicted octanol–water partition coefficient (Wildman–Crippen LogP) is 9.40. The first kappa shape index (κ1) is 29.7. The third-order valence-electron chi connectivity index (χ3n) is 14.7. The first-order valence-corrected chi connectivity index (χ1v) is 16.9. The van der Waals surface area contributed by atoms with E-state index in [1.165, 1.54) is 12.8 Å². The van der Waals surface area contributed by atoms with Crippen LogP contribution in [0.15, 0.2) is 35.9 Å². The molecule has 4 saturated carbocycles. The molecular formula is C37H53ClO3. The number of halogens is 1. The molecule has 0 saturated heterocycles. The molecule has 3 nitrogen and oxygen atoms in total. The number of hydrogen-bond donors (Lipinski definition) is 1. The van der Waals surface area contributed by atoms with Crippen LogP contribution in [0.25, 0.3) is 0 Å². The zero-order valence-electron chi connectivity index (χ0n) is 26.6. The summed E-state index contributed by atoms with van der Waals surface area (Å²) in [4.78, 5) is 14.3. The van der Waals surface area contributed by atoms with E-state index in [2.05, 4.69) is 54.5 Å². The van der Waals surface area contributed by atoms with Gasteiger partial charge in [-0.3, -0.25) is 4.79 Å². The van der Waals surface area contributed by atoms with E-state index >= 15 is 0 Å². The van der Waals surface area contributed by atoms with Gasteiger partial charge >= 0.3 is 5.97 Å². The second-order valence-electron chi connectivity index (χ2n) is 16.3. The van der Waals surface area contributed by atoms with Crippen molar-refractivity contribution in [1.29, 1.82) is 0 Å². The maximum Gasteiger partial charge on any atom is 0.313 e. The van der Waals surface area contributed by atoms with Crippen molar-refractivity contribution in [2.24, 2.45) is 56.7 Å². The number of hydrogen-bond acceptors (Lipinski definition) is 3. The molecule has 0 heterocycles. The van der Waals surface area contributed by atoms with Gasteiger partial charge in [0.15, 0.2) is 0 Å². The molecule has 0 radical (unpaired) electrons. The molecule has 0 aromatic heterocycles. The smallest absolute Gasteiger partial charge is 0.313 e. The van der Waals surface area contributed by atoms with Crippen molar-refractivity contribution in [3.8, 4) is 0 Å². The standard InChI is InChI=1S/C37H53ClO3/c1-23-14-19-37(32(40)41-22-25-10-8-9-11-27(25)38)21-20-35(6)26(31(37)24(23)2)12-13-29-34(5)17-16-30(39)33(3,4)28(34)15-18-36(29,35)7/h8-12,23-24,28-31,39H,13-22H2,1-7H3/t23-,24+,28+,29-,30+,31+,34+,35-,36-,37+/m1/s1. The normalized spacial score (nSPS) is 46.7. The topological polar surface area (TPSA) is 46.5 Å². The summed E-state index contributed by atoms with van der Waals surface area (Å²) in [5.74, 6) is 2.41. The van der Waals surface area contributed by atoms with Gasteiger partial charge in [0, 0.05) is 10.6 Å². The van der Waals surface area contributed by atoms with E-state index < -0.39 is 5.41 Å². The zero-order valence-corrected chi connectivity index (χ0v) is 27.3. The first-order valence-electron chi connectivity index (χ1n) is 16.5. The number of carbonyl (C=O) groups excluding carboxylic acids is 1. The molecule has 1 aromatic rings. The molecule has 6 rings (SSSR count). The molecule has 0 unspecified atom stereocenters. The van der Waals surface area contributed by atoms with Gasteiger partial charge in [0.1, 0.15) is 6.61 Å². The van der Waals surface area contributed by atoms with Gasteiger partial charge in [-0.25, -0.2) is 0 Å². The highest BCUT2D eigenvalue weighted by Crippen LogP contribution is 2.75. The van der Waals surface area contributed by atoms with Gasteiger partial charge in [-0.15, -0.1) is 0 Å². The number of benzene rings is 1. The zero-order chi connectivity index (χ0) is 29.6. The number of aliphatic hydroxyl groups is 1. The van der Waals surface area contributed by atoms with Crippen LogP contribution in [0, 0.1) is 56.7 Å². The lowest BCUT2D eigenvalue weighted by molar-refractivity contribution is -0.207. The summed E-state index contributed by atoms with van der Waals surface area (Å²) in [5.41, 5.74) is 2.47. The van der Waals surface area contributed by atoms with Gasteiger partial charge < -0.3 is 9.84 Å². The number of carbonyl (C=O) groups is 1. The second kappa shape index (κ2) is 9.85. The summed E-state index contributed by atoms with van der Waals surface area (Å²) < 4.78 is 6.18. The Labute approximate surface area is 253 Å². The molecule has 1 N–H and O–H groups in total. The van der Waals surface area contributed by atoms with Crippen LogP contribution in [-0.4, -0.2) is 17.2 Å². The molecule has 0 bridgehead atoms. The fourth-order valence-corrected chi connectivity index (χ4v) is 11.9. The molecule has 4 heteroatoms. The van der Waals surface area contributed by atoms with Gasteiger partial charge in [0.2, 0.25) is 0 Å². The van der Waals surface area contributed by atoms with Crippen LogP contribution < -0.4 is 0 Å². The summed E-state index contributed by atoms with van der Waals surface area (Å²) in [6.07, 6.45) is 11.9. The maximum atomic E-state index is 14.3. The van der Waals surface area contributed by atoms with E-state index in [0.717, 1.165) is 50.5 Å². The lowest BCUT2D eigenvalue weighted by atomic mass is 9.33. The second-order valence-corrected chi connectivity index (χ2v) is 16.8. The van der Waals surface area contributed by atoms with Gasteiger partial charge in [-0.1, -0.05) is 89.9 Å². The largest absolute Gasteiger partial charge is 0.460 e. The molecule has 10 atom stereocenters. The summed E-state index contributed by atoms with van der Waals surface area (Å²) in [6, 6.07) is 7.71. The van der Waals surface area contributed by atoms with Gasteiger partial charge in [0.05, 0.1) is 11.5 Å². The minimum atomic E-state index is -0.445. The number of esters is 1. The Morgan fingerprint density at radius 1 is 0.951 bits per heavy atom. The lowest BCUT2D eigenvalue weighted by Gasteiger charge is -2.71. The van der Waals surface area contributed by atoms with Crippen LogP contribution in [0.5, 0.6) is 0 Å². The molecule has 5 aliphatic rings. The summed E-state index contributed by atoms with van der Waals surface area (Å²) in [6.45, 7) is 17.5. The fourth-order valence-electron chi connectivity index (χ4n) is 11.7. The number of allylic oxidation sites excluding steroid dienone is 2. The molecular weight excluding hydrogens is 528 g/mol. The van der Waals surface area contributed by atoms with Gasteiger partial charge in [0.25, 0.3) is 0 Å². The van der Waals surface area contributed by atoms with E-state index in [4.69, 9.17) is 16.3 Å². The minimum Gasteiger partial charge on any atom is -0.460 e. The third kappa shape index (κ3) is 4.03. The monoisotopic (exact) mass is 580 g/mol. The third-order valence-corrected chi connectivity index (χ3v) is 15.1. The van der Waals surface area contributed by atoms with Crippen molar-refractivity contribution < 1.29 is 14.6 Å². The van der Waals surface area contributed by atoms with Crippen molar-refractivity contribution in [2.45, 2.75) is 119 Å². The SMILES string of the molecule is C[C@H]1[C@H](C)CC[C@]2(C(=O)OCc3ccccc3Cl)CC[C@]3(C)C(=CC[C@@H]4[C@@]5(C)CC[C@H](O)C(C)(C)[C@@H]5CC[C@]43C)[C@H]12. The van der Waals surface area contributed by atoms with E-state index in [1.54, 1.807) is 5.57 Å². The Balaban J connectivity index is 1.37. The first-order chi connectivity index (χ1) is 19.2. The summed E-state index contributed by atoms with van der Waals surface area (Å²) in [5, 5.41) is 11.7. The van der Waals surface area contributed by atoms with Crippen molar-refractivity contribution in [1.82, 2.24) is 0 Å². The van der Waals surface area contributed by atoms with E-state index in [9.17, 15) is 9.90 Å². The number of aliphatic hydroxyl groups excluding tert-OH is 1. The summed E-state index contributed by atoms with van der Waals surface area (Å²) in [7, 11) is 0. The Kier molecular flexibility index (Phi) is 7.14. The van der Waals surface area contributed by atoms with E-state index in [-0.39, 0.29) is 46.3 Å². The molecule has 0 spiro atoms. The summed E-state index contributed by atoms with van der Waals surface area (Å²) >= 11 is 6.43.